The molecule has 1 aromatic heterocycles. The molecule has 0 spiro atoms. The highest BCUT2D eigenvalue weighted by Gasteiger charge is 2.39. The minimum Gasteiger partial charge on any atom is -0.383 e. The second-order valence-electron chi connectivity index (χ2n) is 8.89. The van der Waals surface area contributed by atoms with Crippen molar-refractivity contribution in [3.05, 3.63) is 120 Å². The maximum absolute atomic E-state index is 14.2. The molecule has 5 aromatic rings. The van der Waals surface area contributed by atoms with Crippen molar-refractivity contribution in [1.82, 2.24) is 0 Å². The van der Waals surface area contributed by atoms with E-state index in [-0.39, 0.29) is 20.4 Å². The monoisotopic (exact) mass is 619 g/mol. The summed E-state index contributed by atoms with van der Waals surface area (Å²) in [6, 6.07) is 32.4. The van der Waals surface area contributed by atoms with E-state index in [1.54, 1.807) is 30.5 Å². The van der Waals surface area contributed by atoms with Gasteiger partial charge in [-0.3, -0.25) is 5.41 Å². The van der Waals surface area contributed by atoms with Gasteiger partial charge in [0.05, 0.1) is 24.6 Å². The first-order valence-corrected chi connectivity index (χ1v) is 17.2. The van der Waals surface area contributed by atoms with Crippen molar-refractivity contribution in [2.45, 2.75) is 14.0 Å². The quantitative estimate of drug-likeness (QED) is 0.108. The fourth-order valence-corrected chi connectivity index (χ4v) is 9.63. The van der Waals surface area contributed by atoms with Crippen molar-refractivity contribution >= 4 is 54.7 Å². The highest BCUT2D eigenvalue weighted by Crippen LogP contribution is 2.41. The molecule has 11 heteroatoms. The molecule has 4 aromatic carbocycles. The Kier molecular flexibility index (Phi) is 8.05. The Morgan fingerprint density at radius 3 is 1.44 bits per heavy atom. The average Bonchev–Trinajstić information content (AvgIpc) is 3.42. The number of nitrogen functional groups attached to an aromatic ring is 1. The van der Waals surface area contributed by atoms with Gasteiger partial charge < -0.3 is 5.73 Å². The largest absolute Gasteiger partial charge is 0.383 e. The zero-order valence-electron chi connectivity index (χ0n) is 21.8. The maximum atomic E-state index is 14.2. The number of nitrogens with one attached hydrogen (secondary N) is 1. The second-order valence-corrected chi connectivity index (χ2v) is 14.8. The van der Waals surface area contributed by atoms with E-state index in [0.717, 1.165) is 33.6 Å². The number of benzene rings is 4. The lowest BCUT2D eigenvalue weighted by Gasteiger charge is -2.24. The third kappa shape index (κ3) is 5.66. The fourth-order valence-electron chi connectivity index (χ4n) is 4.27. The van der Waals surface area contributed by atoms with Crippen LogP contribution in [0.4, 0.5) is 5.69 Å². The van der Waals surface area contributed by atoms with Crippen molar-refractivity contribution in [2.75, 3.05) is 9.97 Å². The van der Waals surface area contributed by atoms with Gasteiger partial charge in [0.2, 0.25) is 0 Å². The van der Waals surface area contributed by atoms with Gasteiger partial charge in [-0.2, -0.15) is 3.71 Å². The number of nitrogens with two attached hydrogens (primary N) is 1. The summed E-state index contributed by atoms with van der Waals surface area (Å²) in [5, 5.41) is 8.09. The lowest BCUT2D eigenvalue weighted by molar-refractivity contribution is 0.584. The van der Waals surface area contributed by atoms with Crippen LogP contribution in [0.2, 0.25) is 0 Å². The first-order chi connectivity index (χ1) is 19.6. The van der Waals surface area contributed by atoms with E-state index in [9.17, 15) is 16.8 Å². The van der Waals surface area contributed by atoms with Crippen LogP contribution in [0.25, 0.3) is 22.3 Å². The molecular formula is C30H25N3O4S4. The lowest BCUT2D eigenvalue weighted by atomic mass is 10.1. The molecule has 7 nitrogen and oxygen atoms in total. The molecule has 0 unspecified atom stereocenters. The van der Waals surface area contributed by atoms with Crippen LogP contribution in [-0.2, 0) is 20.0 Å². The summed E-state index contributed by atoms with van der Waals surface area (Å²) in [4.78, 5) is -0.385. The predicted molar refractivity (Wildman–Crippen MR) is 168 cm³/mol. The highest BCUT2D eigenvalue weighted by molar-refractivity contribution is 8.10. The number of anilines is 1. The van der Waals surface area contributed by atoms with Crippen molar-refractivity contribution in [1.29, 1.82) is 5.41 Å². The molecular weight excluding hydrogens is 595 g/mol. The molecule has 208 valence electrons. The van der Waals surface area contributed by atoms with E-state index >= 15 is 0 Å². The number of sulfonamides is 2. The van der Waals surface area contributed by atoms with Gasteiger partial charge in [-0.1, -0.05) is 84.9 Å². The van der Waals surface area contributed by atoms with E-state index in [1.165, 1.54) is 42.1 Å². The van der Waals surface area contributed by atoms with E-state index in [4.69, 9.17) is 11.1 Å². The first kappa shape index (κ1) is 28.6. The number of thiophene rings is 1. The molecule has 0 fully saturated rings. The third-order valence-electron chi connectivity index (χ3n) is 6.29. The van der Waals surface area contributed by atoms with Gasteiger partial charge >= 0.3 is 0 Å². The molecule has 0 aliphatic rings. The summed E-state index contributed by atoms with van der Waals surface area (Å²) >= 11 is 2.36. The van der Waals surface area contributed by atoms with Gasteiger partial charge in [0.1, 0.15) is 5.84 Å². The molecule has 0 bridgehead atoms. The molecule has 0 saturated carbocycles. The van der Waals surface area contributed by atoms with Crippen LogP contribution in [-0.4, -0.2) is 28.9 Å². The predicted octanol–water partition coefficient (Wildman–Crippen LogP) is 6.67. The molecule has 0 aliphatic heterocycles. The second kappa shape index (κ2) is 11.5. The minimum atomic E-state index is -4.68. The Morgan fingerprint density at radius 1 is 0.683 bits per heavy atom. The topological polar surface area (TPSA) is 121 Å². The third-order valence-corrected chi connectivity index (χ3v) is 12.7. The van der Waals surface area contributed by atoms with Crippen LogP contribution in [0.5, 0.6) is 0 Å². The van der Waals surface area contributed by atoms with Gasteiger partial charge in [-0.25, -0.2) is 16.8 Å². The number of rotatable bonds is 9. The molecule has 0 radical (unpaired) electrons. The van der Waals surface area contributed by atoms with Crippen LogP contribution in [0.3, 0.4) is 0 Å². The molecule has 0 atom stereocenters. The summed E-state index contributed by atoms with van der Waals surface area (Å²) in [6.45, 7) is 0. The van der Waals surface area contributed by atoms with Gasteiger partial charge in [0, 0.05) is 0 Å². The maximum Gasteiger partial charge on any atom is 0.277 e. The van der Waals surface area contributed by atoms with Crippen LogP contribution < -0.4 is 9.44 Å². The summed E-state index contributed by atoms with van der Waals surface area (Å²) in [5.41, 5.74) is 8.97. The van der Waals surface area contributed by atoms with Gasteiger partial charge in [0.15, 0.2) is 0 Å². The molecule has 5 rings (SSSR count). The molecule has 0 saturated heterocycles. The molecule has 3 N–H and O–H groups in total. The smallest absolute Gasteiger partial charge is 0.277 e. The van der Waals surface area contributed by atoms with Gasteiger partial charge in [-0.05, 0) is 58.8 Å². The van der Waals surface area contributed by atoms with Crippen LogP contribution in [0, 0.1) is 5.41 Å². The van der Waals surface area contributed by atoms with Gasteiger partial charge in [0.25, 0.3) is 20.0 Å². The number of amidine groups is 1. The summed E-state index contributed by atoms with van der Waals surface area (Å²) in [6.07, 6.45) is 1.78. The number of hydrogen-bond acceptors (Lipinski definition) is 7. The van der Waals surface area contributed by atoms with Crippen molar-refractivity contribution in [2.24, 2.45) is 5.73 Å². The number of thioether (sulfide) groups is 1. The fraction of sp³-hybridized carbons (Fsp3) is 0.0333. The van der Waals surface area contributed by atoms with E-state index in [2.05, 4.69) is 0 Å². The molecule has 1 heterocycles. The highest BCUT2D eigenvalue weighted by atomic mass is 32.3. The summed E-state index contributed by atoms with van der Waals surface area (Å²) in [7, 11) is -9.36. The van der Waals surface area contributed by atoms with Gasteiger partial charge in [-0.15, -0.1) is 23.1 Å². The Labute approximate surface area is 247 Å². The molecule has 0 aliphatic carbocycles. The van der Waals surface area contributed by atoms with Crippen LogP contribution in [0.15, 0.2) is 129 Å². The lowest BCUT2D eigenvalue weighted by Crippen LogP contribution is -2.38. The Morgan fingerprint density at radius 2 is 1.07 bits per heavy atom. The first-order valence-electron chi connectivity index (χ1n) is 12.3. The van der Waals surface area contributed by atoms with Crippen molar-refractivity contribution in [3.63, 3.8) is 0 Å². The number of hydrogen-bond donors (Lipinski definition) is 2. The molecule has 0 amide bonds. The normalized spacial score (nSPS) is 11.7. The summed E-state index contributed by atoms with van der Waals surface area (Å²) in [5.74, 6) is -0.431. The van der Waals surface area contributed by atoms with E-state index in [0.29, 0.717) is 7.92 Å². The Bertz CT molecular complexity index is 1790. The SMILES string of the molecule is CSc1cc(N(S(=O)(=O)c2ccc(-c3ccccc3)cc2)S(=O)(=O)c2ccc(-c3ccccc3)cc2)c(C(=N)N)s1. The Hall–Kier alpha value is -3.90. The molecule has 41 heavy (non-hydrogen) atoms. The Balaban J connectivity index is 1.65. The zero-order chi connectivity index (χ0) is 29.2. The summed E-state index contributed by atoms with van der Waals surface area (Å²) < 4.78 is 57.8. The number of nitrogens with zero attached hydrogens (tertiary/aromatic N) is 1. The van der Waals surface area contributed by atoms with E-state index in [1.807, 2.05) is 60.7 Å². The zero-order valence-corrected chi connectivity index (χ0v) is 25.0. The standard InChI is InChI=1S/C30H25N3O4S4/c1-38-28-20-27(29(39-28)30(31)32)33(40(34,35)25-16-12-23(13-17-25)21-8-4-2-5-9-21)41(36,37)26-18-14-24(15-19-26)22-10-6-3-7-11-22/h2-20H,1H3,(H3,31,32). The van der Waals surface area contributed by atoms with Crippen molar-refractivity contribution in [3.8, 4) is 22.3 Å². The van der Waals surface area contributed by atoms with Crippen LogP contribution in [0.1, 0.15) is 4.88 Å². The minimum absolute atomic E-state index is 0.0447. The van der Waals surface area contributed by atoms with E-state index < -0.39 is 25.9 Å². The van der Waals surface area contributed by atoms with Crippen molar-refractivity contribution < 1.29 is 16.8 Å². The van der Waals surface area contributed by atoms with Crippen LogP contribution >= 0.6 is 23.1 Å². The average molecular weight is 620 g/mol.